The summed E-state index contributed by atoms with van der Waals surface area (Å²) in [5.74, 6) is 1.01. The van der Waals surface area contributed by atoms with Crippen LogP contribution in [0.1, 0.15) is 43.7 Å². The molecule has 2 aromatic carbocycles. The van der Waals surface area contributed by atoms with Crippen LogP contribution in [0.3, 0.4) is 0 Å². The van der Waals surface area contributed by atoms with E-state index >= 15 is 0 Å². The highest BCUT2D eigenvalue weighted by atomic mass is 16.5. The van der Waals surface area contributed by atoms with Gasteiger partial charge in [-0.05, 0) is 61.1 Å². The van der Waals surface area contributed by atoms with E-state index in [2.05, 4.69) is 42.3 Å². The van der Waals surface area contributed by atoms with Crippen molar-refractivity contribution in [3.63, 3.8) is 0 Å². The van der Waals surface area contributed by atoms with Crippen molar-refractivity contribution in [3.8, 4) is 5.75 Å². The van der Waals surface area contributed by atoms with Gasteiger partial charge in [-0.3, -0.25) is 4.79 Å². The first kappa shape index (κ1) is 18.3. The second-order valence-electron chi connectivity index (χ2n) is 7.28. The predicted octanol–water partition coefficient (Wildman–Crippen LogP) is 4.74. The first-order chi connectivity index (χ1) is 12.5. The van der Waals surface area contributed by atoms with Crippen molar-refractivity contribution in [1.29, 1.82) is 0 Å². The summed E-state index contributed by atoms with van der Waals surface area (Å²) in [7, 11) is 0. The largest absolute Gasteiger partial charge is 0.483 e. The number of nitrogens with zero attached hydrogens (tertiary/aromatic N) is 1. The fourth-order valence-corrected chi connectivity index (χ4v) is 3.34. The van der Waals surface area contributed by atoms with Gasteiger partial charge in [0, 0.05) is 24.5 Å². The molecule has 26 heavy (non-hydrogen) atoms. The third-order valence-electron chi connectivity index (χ3n) is 4.75. The predicted molar refractivity (Wildman–Crippen MR) is 107 cm³/mol. The maximum atomic E-state index is 12.3. The van der Waals surface area contributed by atoms with E-state index in [9.17, 15) is 4.79 Å². The molecule has 0 atom stereocenters. The molecule has 2 aromatic rings. The van der Waals surface area contributed by atoms with Gasteiger partial charge in [0.1, 0.15) is 5.75 Å². The highest BCUT2D eigenvalue weighted by Gasteiger charge is 2.14. The Morgan fingerprint density at radius 3 is 2.65 bits per heavy atom. The third kappa shape index (κ3) is 4.57. The van der Waals surface area contributed by atoms with Crippen LogP contribution >= 0.6 is 0 Å². The molecule has 4 heteroatoms. The lowest BCUT2D eigenvalue weighted by Gasteiger charge is -2.18. The molecule has 0 spiro atoms. The summed E-state index contributed by atoms with van der Waals surface area (Å²) in [5, 5.41) is 2.95. The van der Waals surface area contributed by atoms with E-state index in [1.807, 2.05) is 31.2 Å². The number of aryl methyl sites for hydroxylation is 1. The van der Waals surface area contributed by atoms with Crippen molar-refractivity contribution in [3.05, 3.63) is 53.6 Å². The zero-order valence-corrected chi connectivity index (χ0v) is 15.9. The number of hydrogen-bond acceptors (Lipinski definition) is 3. The maximum Gasteiger partial charge on any atom is 0.262 e. The number of rotatable bonds is 6. The maximum absolute atomic E-state index is 12.3. The van der Waals surface area contributed by atoms with Crippen LogP contribution in [-0.2, 0) is 4.79 Å². The molecule has 1 saturated heterocycles. The zero-order valence-electron chi connectivity index (χ0n) is 15.9. The molecule has 1 aliphatic rings. The minimum atomic E-state index is -0.139. The van der Waals surface area contributed by atoms with Crippen LogP contribution < -0.4 is 15.0 Å². The Labute approximate surface area is 156 Å². The van der Waals surface area contributed by atoms with E-state index in [1.165, 1.54) is 18.5 Å². The molecule has 0 bridgehead atoms. The second kappa shape index (κ2) is 8.26. The summed E-state index contributed by atoms with van der Waals surface area (Å²) in [6.07, 6.45) is 2.47. The van der Waals surface area contributed by atoms with E-state index in [4.69, 9.17) is 4.74 Å². The molecule has 138 valence electrons. The highest BCUT2D eigenvalue weighted by molar-refractivity contribution is 5.92. The lowest BCUT2D eigenvalue weighted by Crippen LogP contribution is -2.21. The van der Waals surface area contributed by atoms with Crippen molar-refractivity contribution < 1.29 is 9.53 Å². The number of carbonyl (C=O) groups is 1. The molecule has 1 amide bonds. The van der Waals surface area contributed by atoms with Gasteiger partial charge in [0.25, 0.3) is 5.91 Å². The molecule has 1 aliphatic heterocycles. The van der Waals surface area contributed by atoms with Crippen LogP contribution in [0, 0.1) is 6.92 Å². The summed E-state index contributed by atoms with van der Waals surface area (Å²) < 4.78 is 5.82. The quantitative estimate of drug-likeness (QED) is 0.817. The third-order valence-corrected chi connectivity index (χ3v) is 4.75. The molecule has 4 nitrogen and oxygen atoms in total. The number of ether oxygens (including phenoxy) is 1. The minimum absolute atomic E-state index is 0.0110. The Morgan fingerprint density at radius 2 is 1.92 bits per heavy atom. The summed E-state index contributed by atoms with van der Waals surface area (Å²) in [5.41, 5.74) is 4.24. The molecule has 0 aromatic heterocycles. The van der Waals surface area contributed by atoms with E-state index in [-0.39, 0.29) is 12.5 Å². The van der Waals surface area contributed by atoms with Crippen LogP contribution in [0.2, 0.25) is 0 Å². The first-order valence-corrected chi connectivity index (χ1v) is 9.41. The molecular weight excluding hydrogens is 324 g/mol. The number of benzene rings is 2. The number of amides is 1. The van der Waals surface area contributed by atoms with E-state index in [0.717, 1.165) is 35.7 Å². The summed E-state index contributed by atoms with van der Waals surface area (Å²) in [6, 6.07) is 14.2. The lowest BCUT2D eigenvalue weighted by molar-refractivity contribution is -0.118. The SMILES string of the molecule is Cc1ccc(C(C)C)c(OCC(=O)Nc2cccc(N3CCCC3)c2)c1. The number of nitrogens with one attached hydrogen (secondary N) is 1. The van der Waals surface area contributed by atoms with Crippen molar-refractivity contribution >= 4 is 17.3 Å². The highest BCUT2D eigenvalue weighted by Crippen LogP contribution is 2.27. The van der Waals surface area contributed by atoms with Gasteiger partial charge in [0.05, 0.1) is 0 Å². The molecular formula is C22H28N2O2. The summed E-state index contributed by atoms with van der Waals surface area (Å²) in [4.78, 5) is 14.7. The second-order valence-corrected chi connectivity index (χ2v) is 7.28. The fourth-order valence-electron chi connectivity index (χ4n) is 3.34. The van der Waals surface area contributed by atoms with Gasteiger partial charge in [0.15, 0.2) is 6.61 Å². The Morgan fingerprint density at radius 1 is 1.15 bits per heavy atom. The van der Waals surface area contributed by atoms with Gasteiger partial charge in [-0.1, -0.05) is 32.0 Å². The fraction of sp³-hybridized carbons (Fsp3) is 0.409. The molecule has 1 fully saturated rings. The Bertz CT molecular complexity index is 764. The molecule has 0 saturated carbocycles. The minimum Gasteiger partial charge on any atom is -0.483 e. The van der Waals surface area contributed by atoms with E-state index < -0.39 is 0 Å². The normalized spacial score (nSPS) is 13.9. The molecule has 3 rings (SSSR count). The van der Waals surface area contributed by atoms with E-state index in [0.29, 0.717) is 5.92 Å². The number of hydrogen-bond donors (Lipinski definition) is 1. The van der Waals surface area contributed by atoms with Crippen LogP contribution in [0.4, 0.5) is 11.4 Å². The Balaban J connectivity index is 1.61. The van der Waals surface area contributed by atoms with Crippen LogP contribution in [0.5, 0.6) is 5.75 Å². The average Bonchev–Trinajstić information content (AvgIpc) is 3.15. The van der Waals surface area contributed by atoms with Crippen molar-refractivity contribution in [2.75, 3.05) is 29.9 Å². The topological polar surface area (TPSA) is 41.6 Å². The molecule has 1 N–H and O–H groups in total. The van der Waals surface area contributed by atoms with Crippen molar-refractivity contribution in [2.24, 2.45) is 0 Å². The van der Waals surface area contributed by atoms with Gasteiger partial charge >= 0.3 is 0 Å². The number of anilines is 2. The van der Waals surface area contributed by atoms with Gasteiger partial charge in [0.2, 0.25) is 0 Å². The van der Waals surface area contributed by atoms with Gasteiger partial charge in [-0.25, -0.2) is 0 Å². The van der Waals surface area contributed by atoms with Crippen LogP contribution in [0.15, 0.2) is 42.5 Å². The monoisotopic (exact) mass is 352 g/mol. The van der Waals surface area contributed by atoms with Gasteiger partial charge < -0.3 is 15.0 Å². The van der Waals surface area contributed by atoms with Gasteiger partial charge in [-0.15, -0.1) is 0 Å². The van der Waals surface area contributed by atoms with Crippen molar-refractivity contribution in [2.45, 2.75) is 39.5 Å². The van der Waals surface area contributed by atoms with Crippen LogP contribution in [0.25, 0.3) is 0 Å². The van der Waals surface area contributed by atoms with E-state index in [1.54, 1.807) is 0 Å². The molecule has 0 aliphatic carbocycles. The average molecular weight is 352 g/mol. The summed E-state index contributed by atoms with van der Waals surface area (Å²) >= 11 is 0. The Kier molecular flexibility index (Phi) is 5.82. The standard InChI is InChI=1S/C22H28N2O2/c1-16(2)20-10-9-17(3)13-21(20)26-15-22(25)23-18-7-6-8-19(14-18)24-11-4-5-12-24/h6-10,13-14,16H,4-5,11-12,15H2,1-3H3,(H,23,25). The van der Waals surface area contributed by atoms with Crippen LogP contribution in [-0.4, -0.2) is 25.6 Å². The number of carbonyl (C=O) groups excluding carboxylic acids is 1. The zero-order chi connectivity index (χ0) is 18.5. The van der Waals surface area contributed by atoms with Crippen molar-refractivity contribution in [1.82, 2.24) is 0 Å². The lowest BCUT2D eigenvalue weighted by atomic mass is 10.0. The first-order valence-electron chi connectivity index (χ1n) is 9.41. The smallest absolute Gasteiger partial charge is 0.262 e. The molecule has 0 unspecified atom stereocenters. The Hall–Kier alpha value is -2.49. The van der Waals surface area contributed by atoms with Gasteiger partial charge in [-0.2, -0.15) is 0 Å². The molecule has 1 heterocycles. The molecule has 0 radical (unpaired) electrons. The summed E-state index contributed by atoms with van der Waals surface area (Å²) in [6.45, 7) is 8.47.